The Bertz CT molecular complexity index is 405. The Labute approximate surface area is 128 Å². The van der Waals surface area contributed by atoms with Crippen molar-refractivity contribution in [2.24, 2.45) is 11.3 Å². The van der Waals surface area contributed by atoms with Crippen LogP contribution < -0.4 is 0 Å². The molecule has 1 unspecified atom stereocenters. The van der Waals surface area contributed by atoms with Crippen molar-refractivity contribution in [1.29, 1.82) is 0 Å². The third kappa shape index (κ3) is 3.98. The number of ether oxygens (including phenoxy) is 1. The number of nitrogens with zero attached hydrogens (tertiary/aromatic N) is 1. The molecule has 0 N–H and O–H groups in total. The van der Waals surface area contributed by atoms with Crippen LogP contribution in [0.1, 0.15) is 66.2 Å². The summed E-state index contributed by atoms with van der Waals surface area (Å²) in [5.41, 5.74) is 0.230. The van der Waals surface area contributed by atoms with Gasteiger partial charge in [-0.05, 0) is 43.4 Å². The van der Waals surface area contributed by atoms with Gasteiger partial charge in [-0.1, -0.05) is 27.7 Å². The van der Waals surface area contributed by atoms with Gasteiger partial charge in [-0.2, -0.15) is 0 Å². The molecule has 4 nitrogen and oxygen atoms in total. The molecule has 1 aliphatic carbocycles. The SMILES string of the molecule is CCC(C(=O)O[C@@H]1C[C@H](C)CC(C)(C)C1)N1CCCC1=O. The molecule has 2 rings (SSSR count). The lowest BCUT2D eigenvalue weighted by Crippen LogP contribution is -2.44. The van der Waals surface area contributed by atoms with Gasteiger partial charge < -0.3 is 9.64 Å². The normalized spacial score (nSPS) is 30.3. The summed E-state index contributed by atoms with van der Waals surface area (Å²) < 4.78 is 5.78. The fourth-order valence-corrected chi connectivity index (χ4v) is 4.10. The van der Waals surface area contributed by atoms with Crippen LogP contribution in [-0.4, -0.2) is 35.5 Å². The Morgan fingerprint density at radius 1 is 1.43 bits per heavy atom. The van der Waals surface area contributed by atoms with Gasteiger partial charge in [0.2, 0.25) is 5.91 Å². The first-order valence-corrected chi connectivity index (χ1v) is 8.32. The lowest BCUT2D eigenvalue weighted by atomic mass is 9.71. The zero-order chi connectivity index (χ0) is 15.6. The first kappa shape index (κ1) is 16.3. The predicted octanol–water partition coefficient (Wildman–Crippen LogP) is 3.15. The Kier molecular flexibility index (Phi) is 4.95. The third-order valence-corrected chi connectivity index (χ3v) is 4.77. The summed E-state index contributed by atoms with van der Waals surface area (Å²) in [6.45, 7) is 9.35. The van der Waals surface area contributed by atoms with Crippen molar-refractivity contribution in [2.75, 3.05) is 6.54 Å². The highest BCUT2D eigenvalue weighted by molar-refractivity contribution is 5.85. The van der Waals surface area contributed by atoms with Gasteiger partial charge in [0.25, 0.3) is 0 Å². The largest absolute Gasteiger partial charge is 0.461 e. The lowest BCUT2D eigenvalue weighted by Gasteiger charge is -2.39. The quantitative estimate of drug-likeness (QED) is 0.749. The molecule has 21 heavy (non-hydrogen) atoms. The van der Waals surface area contributed by atoms with Crippen LogP contribution in [0.3, 0.4) is 0 Å². The van der Waals surface area contributed by atoms with Crippen LogP contribution in [0, 0.1) is 11.3 Å². The molecule has 120 valence electrons. The Morgan fingerprint density at radius 2 is 2.14 bits per heavy atom. The molecule has 2 aliphatic rings. The van der Waals surface area contributed by atoms with Gasteiger partial charge >= 0.3 is 5.97 Å². The standard InChI is InChI=1S/C17H29NO3/c1-5-14(18-8-6-7-15(18)19)16(20)21-13-9-12(2)10-17(3,4)11-13/h12-14H,5-11H2,1-4H3/t12-,13+,14?/m0/s1. The van der Waals surface area contributed by atoms with Gasteiger partial charge in [0, 0.05) is 13.0 Å². The van der Waals surface area contributed by atoms with Crippen LogP contribution >= 0.6 is 0 Å². The molecule has 3 atom stereocenters. The highest BCUT2D eigenvalue weighted by Crippen LogP contribution is 2.39. The minimum atomic E-state index is -0.389. The minimum absolute atomic E-state index is 0.00278. The minimum Gasteiger partial charge on any atom is -0.461 e. The third-order valence-electron chi connectivity index (χ3n) is 4.77. The topological polar surface area (TPSA) is 46.6 Å². The lowest BCUT2D eigenvalue weighted by molar-refractivity contribution is -0.162. The van der Waals surface area contributed by atoms with E-state index in [4.69, 9.17) is 4.74 Å². The van der Waals surface area contributed by atoms with E-state index in [1.54, 1.807) is 4.90 Å². The van der Waals surface area contributed by atoms with E-state index in [9.17, 15) is 9.59 Å². The number of esters is 1. The second-order valence-electron chi connectivity index (χ2n) is 7.59. The van der Waals surface area contributed by atoms with Crippen molar-refractivity contribution in [1.82, 2.24) is 4.90 Å². The number of carbonyl (C=O) groups excluding carboxylic acids is 2. The van der Waals surface area contributed by atoms with E-state index >= 15 is 0 Å². The van der Waals surface area contributed by atoms with Gasteiger partial charge in [-0.3, -0.25) is 4.79 Å². The Balaban J connectivity index is 1.97. The molecule has 2 fully saturated rings. The monoisotopic (exact) mass is 295 g/mol. The summed E-state index contributed by atoms with van der Waals surface area (Å²) in [6, 6.07) is -0.389. The average Bonchev–Trinajstić information content (AvgIpc) is 2.74. The first-order chi connectivity index (χ1) is 9.82. The first-order valence-electron chi connectivity index (χ1n) is 8.32. The summed E-state index contributed by atoms with van der Waals surface area (Å²) in [4.78, 5) is 26.0. The number of hydrogen-bond acceptors (Lipinski definition) is 3. The van der Waals surface area contributed by atoms with Gasteiger partial charge in [0.1, 0.15) is 12.1 Å². The highest BCUT2D eigenvalue weighted by atomic mass is 16.5. The molecule has 1 saturated carbocycles. The van der Waals surface area contributed by atoms with Crippen molar-refractivity contribution in [3.8, 4) is 0 Å². The Morgan fingerprint density at radius 3 is 2.67 bits per heavy atom. The summed E-state index contributed by atoms with van der Waals surface area (Å²) in [6.07, 6.45) is 5.11. The highest BCUT2D eigenvalue weighted by Gasteiger charge is 2.37. The summed E-state index contributed by atoms with van der Waals surface area (Å²) in [7, 11) is 0. The van der Waals surface area contributed by atoms with E-state index in [1.165, 1.54) is 6.42 Å². The van der Waals surface area contributed by atoms with Crippen LogP contribution in [0.5, 0.6) is 0 Å². The maximum Gasteiger partial charge on any atom is 0.329 e. The molecule has 1 aliphatic heterocycles. The van der Waals surface area contributed by atoms with Crippen LogP contribution in [0.25, 0.3) is 0 Å². The van der Waals surface area contributed by atoms with E-state index in [0.29, 0.717) is 25.3 Å². The number of carbonyl (C=O) groups is 2. The van der Waals surface area contributed by atoms with E-state index in [0.717, 1.165) is 19.3 Å². The van der Waals surface area contributed by atoms with Crippen molar-refractivity contribution < 1.29 is 14.3 Å². The van der Waals surface area contributed by atoms with E-state index in [1.807, 2.05) is 6.92 Å². The molecule has 0 bridgehead atoms. The van der Waals surface area contributed by atoms with E-state index in [2.05, 4.69) is 20.8 Å². The Hall–Kier alpha value is -1.06. The molecular formula is C17H29NO3. The number of hydrogen-bond donors (Lipinski definition) is 0. The van der Waals surface area contributed by atoms with Crippen LogP contribution in [-0.2, 0) is 14.3 Å². The molecule has 0 spiro atoms. The second-order valence-corrected chi connectivity index (χ2v) is 7.59. The molecule has 0 radical (unpaired) electrons. The van der Waals surface area contributed by atoms with Crippen LogP contribution in [0.4, 0.5) is 0 Å². The molecule has 0 aromatic carbocycles. The number of likely N-dealkylation sites (tertiary alicyclic amines) is 1. The fraction of sp³-hybridized carbons (Fsp3) is 0.882. The van der Waals surface area contributed by atoms with Crippen molar-refractivity contribution in [3.63, 3.8) is 0 Å². The van der Waals surface area contributed by atoms with Crippen LogP contribution in [0.15, 0.2) is 0 Å². The molecule has 4 heteroatoms. The van der Waals surface area contributed by atoms with E-state index < -0.39 is 0 Å². The number of amides is 1. The molecule has 1 amide bonds. The number of rotatable bonds is 4. The summed E-state index contributed by atoms with van der Waals surface area (Å²) in [5, 5.41) is 0. The zero-order valence-electron chi connectivity index (χ0n) is 13.9. The molecular weight excluding hydrogens is 266 g/mol. The van der Waals surface area contributed by atoms with Gasteiger partial charge in [-0.25, -0.2) is 4.79 Å². The zero-order valence-corrected chi connectivity index (χ0v) is 13.9. The van der Waals surface area contributed by atoms with Crippen molar-refractivity contribution in [2.45, 2.75) is 78.4 Å². The molecule has 1 heterocycles. The summed E-state index contributed by atoms with van der Waals surface area (Å²) in [5.74, 6) is 0.471. The smallest absolute Gasteiger partial charge is 0.329 e. The van der Waals surface area contributed by atoms with E-state index in [-0.39, 0.29) is 29.4 Å². The van der Waals surface area contributed by atoms with Gasteiger partial charge in [0.05, 0.1) is 0 Å². The second kappa shape index (κ2) is 6.37. The maximum absolute atomic E-state index is 12.5. The van der Waals surface area contributed by atoms with Gasteiger partial charge in [0.15, 0.2) is 0 Å². The van der Waals surface area contributed by atoms with Crippen LogP contribution in [0.2, 0.25) is 0 Å². The van der Waals surface area contributed by atoms with Gasteiger partial charge in [-0.15, -0.1) is 0 Å². The maximum atomic E-state index is 12.5. The average molecular weight is 295 g/mol. The predicted molar refractivity (Wildman–Crippen MR) is 81.7 cm³/mol. The molecule has 0 aromatic rings. The van der Waals surface area contributed by atoms with Crippen molar-refractivity contribution >= 4 is 11.9 Å². The van der Waals surface area contributed by atoms with Crippen molar-refractivity contribution in [3.05, 3.63) is 0 Å². The fourth-order valence-electron chi connectivity index (χ4n) is 4.10. The summed E-state index contributed by atoms with van der Waals surface area (Å²) >= 11 is 0. The molecule has 1 saturated heterocycles. The molecule has 0 aromatic heterocycles.